The van der Waals surface area contributed by atoms with Crippen LogP contribution in [-0.2, 0) is 17.3 Å². The quantitative estimate of drug-likeness (QED) is 0.844. The summed E-state index contributed by atoms with van der Waals surface area (Å²) >= 11 is 0. The zero-order valence-corrected chi connectivity index (χ0v) is 11.8. The molecule has 0 fully saturated rings. The summed E-state index contributed by atoms with van der Waals surface area (Å²) in [5, 5.41) is 0. The summed E-state index contributed by atoms with van der Waals surface area (Å²) in [6, 6.07) is 5.21. The third-order valence-corrected chi connectivity index (χ3v) is 4.30. The summed E-state index contributed by atoms with van der Waals surface area (Å²) in [5.41, 5.74) is 6.39. The molecule has 1 atom stereocenters. The summed E-state index contributed by atoms with van der Waals surface area (Å²) in [6.45, 7) is 2.57. The second kappa shape index (κ2) is 5.88. The molecule has 0 spiro atoms. The molecule has 2 aromatic rings. The summed E-state index contributed by atoms with van der Waals surface area (Å²) in [7, 11) is 0.423. The smallest absolute Gasteiger partial charge is 0.120 e. The van der Waals surface area contributed by atoms with Crippen molar-refractivity contribution < 1.29 is 8.95 Å². The lowest BCUT2D eigenvalue weighted by Gasteiger charge is -2.09. The molecular weight excluding hydrogens is 262 g/mol. The van der Waals surface area contributed by atoms with Gasteiger partial charge in [0.15, 0.2) is 0 Å². The molecule has 2 rings (SSSR count). The first-order chi connectivity index (χ1) is 9.11. The molecule has 19 heavy (non-hydrogen) atoms. The number of rotatable bonds is 5. The number of nitrogens with zero attached hydrogens (tertiary/aromatic N) is 2. The second-order valence-corrected chi connectivity index (χ2v) is 5.66. The Bertz CT molecular complexity index is 595. The van der Waals surface area contributed by atoms with Crippen molar-refractivity contribution in [3.05, 3.63) is 36.4 Å². The second-order valence-electron chi connectivity index (χ2n) is 4.12. The number of imidazole rings is 1. The highest BCUT2D eigenvalue weighted by atomic mass is 32.2. The molecule has 1 unspecified atom stereocenters. The van der Waals surface area contributed by atoms with Crippen molar-refractivity contribution in [2.24, 2.45) is 0 Å². The molecule has 0 radical (unpaired) electrons. The average molecular weight is 279 g/mol. The van der Waals surface area contributed by atoms with Gasteiger partial charge in [-0.25, -0.2) is 4.98 Å². The highest BCUT2D eigenvalue weighted by Crippen LogP contribution is 2.23. The number of aromatic nitrogens is 2. The van der Waals surface area contributed by atoms with E-state index in [1.165, 1.54) is 0 Å². The van der Waals surface area contributed by atoms with Crippen LogP contribution in [0.25, 0.3) is 0 Å². The maximum Gasteiger partial charge on any atom is 0.120 e. The van der Waals surface area contributed by atoms with E-state index in [0.29, 0.717) is 28.6 Å². The summed E-state index contributed by atoms with van der Waals surface area (Å²) in [4.78, 5) is 4.75. The van der Waals surface area contributed by atoms with Crippen LogP contribution >= 0.6 is 0 Å². The Morgan fingerprint density at radius 3 is 2.89 bits per heavy atom. The fraction of sp³-hybridized carbons (Fsp3) is 0.308. The van der Waals surface area contributed by atoms with Crippen molar-refractivity contribution in [1.29, 1.82) is 0 Å². The van der Waals surface area contributed by atoms with Gasteiger partial charge in [0.25, 0.3) is 0 Å². The van der Waals surface area contributed by atoms with Gasteiger partial charge in [0.2, 0.25) is 0 Å². The molecule has 6 heteroatoms. The number of anilines is 1. The highest BCUT2D eigenvalue weighted by molar-refractivity contribution is 7.85. The fourth-order valence-electron chi connectivity index (χ4n) is 1.77. The topological polar surface area (TPSA) is 70.1 Å². The molecule has 1 aromatic carbocycles. The summed E-state index contributed by atoms with van der Waals surface area (Å²) < 4.78 is 19.4. The molecule has 0 bridgehead atoms. The maximum absolute atomic E-state index is 12.3. The fourth-order valence-corrected chi connectivity index (χ4v) is 2.93. The molecule has 0 aliphatic carbocycles. The third-order valence-electron chi connectivity index (χ3n) is 2.91. The predicted octanol–water partition coefficient (Wildman–Crippen LogP) is 1.59. The van der Waals surface area contributed by atoms with Gasteiger partial charge in [-0.3, -0.25) is 4.21 Å². The van der Waals surface area contributed by atoms with E-state index in [-0.39, 0.29) is 0 Å². The van der Waals surface area contributed by atoms with Gasteiger partial charge in [0, 0.05) is 30.4 Å². The van der Waals surface area contributed by atoms with Gasteiger partial charge < -0.3 is 15.0 Å². The molecule has 1 aromatic heterocycles. The van der Waals surface area contributed by atoms with Crippen LogP contribution < -0.4 is 10.5 Å². The largest absolute Gasteiger partial charge is 0.497 e. The number of nitrogen functional groups attached to an aromatic ring is 1. The first kappa shape index (κ1) is 13.6. The number of methoxy groups -OCH3 is 1. The molecular formula is C13H17N3O2S. The minimum atomic E-state index is -1.15. The van der Waals surface area contributed by atoms with Crippen LogP contribution in [0.15, 0.2) is 35.5 Å². The Labute approximate surface area is 114 Å². The van der Waals surface area contributed by atoms with Gasteiger partial charge in [-0.1, -0.05) is 0 Å². The van der Waals surface area contributed by atoms with Crippen LogP contribution in [0.2, 0.25) is 0 Å². The molecule has 0 saturated carbocycles. The van der Waals surface area contributed by atoms with Crippen molar-refractivity contribution in [2.75, 3.05) is 18.6 Å². The number of hydrogen-bond acceptors (Lipinski definition) is 4. The molecule has 5 nitrogen and oxygen atoms in total. The Morgan fingerprint density at radius 2 is 2.26 bits per heavy atom. The third kappa shape index (κ3) is 3.14. The van der Waals surface area contributed by atoms with Crippen LogP contribution in [0.4, 0.5) is 5.69 Å². The molecule has 102 valence electrons. The van der Waals surface area contributed by atoms with E-state index in [0.717, 1.165) is 5.82 Å². The van der Waals surface area contributed by atoms with Gasteiger partial charge >= 0.3 is 0 Å². The van der Waals surface area contributed by atoms with E-state index in [2.05, 4.69) is 4.98 Å². The van der Waals surface area contributed by atoms with Crippen LogP contribution in [0.1, 0.15) is 5.82 Å². The number of ether oxygens (including phenoxy) is 1. The van der Waals surface area contributed by atoms with Crippen LogP contribution in [0, 0.1) is 6.92 Å². The number of nitrogens with two attached hydrogens (primary N) is 1. The van der Waals surface area contributed by atoms with Crippen molar-refractivity contribution in [3.8, 4) is 5.75 Å². The van der Waals surface area contributed by atoms with E-state index in [9.17, 15) is 4.21 Å². The van der Waals surface area contributed by atoms with Crippen molar-refractivity contribution in [3.63, 3.8) is 0 Å². The SMILES string of the molecule is COc1ccc(N)c(S(=O)CCn2ccnc2C)c1. The molecule has 0 aliphatic rings. The van der Waals surface area contributed by atoms with Crippen LogP contribution in [0.3, 0.4) is 0 Å². The summed E-state index contributed by atoms with van der Waals surface area (Å²) in [5.74, 6) is 2.07. The minimum absolute atomic E-state index is 0.495. The van der Waals surface area contributed by atoms with Crippen molar-refractivity contribution in [1.82, 2.24) is 9.55 Å². The normalized spacial score (nSPS) is 12.3. The Morgan fingerprint density at radius 1 is 1.47 bits per heavy atom. The monoisotopic (exact) mass is 279 g/mol. The zero-order chi connectivity index (χ0) is 13.8. The van der Waals surface area contributed by atoms with E-state index < -0.39 is 10.8 Å². The first-order valence-electron chi connectivity index (χ1n) is 5.91. The molecule has 2 N–H and O–H groups in total. The Balaban J connectivity index is 2.10. The Kier molecular flexibility index (Phi) is 4.21. The number of aryl methyl sites for hydroxylation is 2. The maximum atomic E-state index is 12.3. The van der Waals surface area contributed by atoms with Crippen molar-refractivity contribution in [2.45, 2.75) is 18.4 Å². The lowest BCUT2D eigenvalue weighted by molar-refractivity contribution is 0.413. The van der Waals surface area contributed by atoms with Gasteiger partial charge in [0.05, 0.1) is 22.8 Å². The standard InChI is InChI=1S/C13H17N3O2S/c1-10-15-5-6-16(10)7-8-19(17)13-9-11(18-2)3-4-12(13)14/h3-6,9H,7-8,14H2,1-2H3. The lowest BCUT2D eigenvalue weighted by atomic mass is 10.3. The van der Waals surface area contributed by atoms with E-state index in [4.69, 9.17) is 10.5 Å². The van der Waals surface area contributed by atoms with Crippen LogP contribution in [-0.4, -0.2) is 26.6 Å². The van der Waals surface area contributed by atoms with E-state index >= 15 is 0 Å². The van der Waals surface area contributed by atoms with Crippen LogP contribution in [0.5, 0.6) is 5.75 Å². The highest BCUT2D eigenvalue weighted by Gasteiger charge is 2.10. The average Bonchev–Trinajstić information content (AvgIpc) is 2.82. The van der Waals surface area contributed by atoms with Gasteiger partial charge in [-0.2, -0.15) is 0 Å². The lowest BCUT2D eigenvalue weighted by Crippen LogP contribution is -2.10. The zero-order valence-electron chi connectivity index (χ0n) is 11.0. The predicted molar refractivity (Wildman–Crippen MR) is 75.6 cm³/mol. The molecule has 0 amide bonds. The van der Waals surface area contributed by atoms with E-state index in [1.807, 2.05) is 17.7 Å². The van der Waals surface area contributed by atoms with Gasteiger partial charge in [-0.15, -0.1) is 0 Å². The minimum Gasteiger partial charge on any atom is -0.497 e. The van der Waals surface area contributed by atoms with Gasteiger partial charge in [0.1, 0.15) is 11.6 Å². The molecule has 1 heterocycles. The summed E-state index contributed by atoms with van der Waals surface area (Å²) in [6.07, 6.45) is 3.61. The molecule has 0 aliphatic heterocycles. The first-order valence-corrected chi connectivity index (χ1v) is 7.23. The Hall–Kier alpha value is -1.82. The van der Waals surface area contributed by atoms with Gasteiger partial charge in [-0.05, 0) is 25.1 Å². The number of benzene rings is 1. The van der Waals surface area contributed by atoms with E-state index in [1.54, 1.807) is 31.5 Å². The number of hydrogen-bond donors (Lipinski definition) is 1. The molecule has 0 saturated heterocycles. The van der Waals surface area contributed by atoms with Crippen molar-refractivity contribution >= 4 is 16.5 Å².